The molecule has 1 amide bonds. The zero-order valence-corrected chi connectivity index (χ0v) is 11.5. The Morgan fingerprint density at radius 1 is 1.59 bits per heavy atom. The number of hydrogen-bond donors (Lipinski definition) is 2. The molecule has 8 heteroatoms. The van der Waals surface area contributed by atoms with E-state index in [9.17, 15) is 9.59 Å². The van der Waals surface area contributed by atoms with Gasteiger partial charge in [-0.1, -0.05) is 0 Å². The summed E-state index contributed by atoms with van der Waals surface area (Å²) >= 11 is 0. The van der Waals surface area contributed by atoms with Crippen LogP contribution in [0.2, 0.25) is 0 Å². The van der Waals surface area contributed by atoms with E-state index in [1.807, 2.05) is 0 Å². The first kappa shape index (κ1) is 8.21. The number of carbonyl (C=O) groups is 1. The molecule has 3 N–H and O–H groups in total. The van der Waals surface area contributed by atoms with Gasteiger partial charge in [-0.3, -0.25) is 9.13 Å². The number of ether oxygens (including phenoxy) is 1. The van der Waals surface area contributed by atoms with Crippen molar-refractivity contribution >= 4 is 22.9 Å². The van der Waals surface area contributed by atoms with Crippen molar-refractivity contribution in [3.8, 4) is 0 Å². The number of amides is 1. The summed E-state index contributed by atoms with van der Waals surface area (Å²) in [6.07, 6.45) is 0.224. The number of fused-ring (bicyclic) bond motifs is 1. The minimum absolute atomic E-state index is 0.0641. The van der Waals surface area contributed by atoms with Crippen molar-refractivity contribution in [2.45, 2.75) is 31.3 Å². The third-order valence-corrected chi connectivity index (χ3v) is 3.78. The molecule has 0 bridgehead atoms. The van der Waals surface area contributed by atoms with Crippen molar-refractivity contribution < 1.29 is 19.1 Å². The Morgan fingerprint density at radius 2 is 2.45 bits per heavy atom. The zero-order chi connectivity index (χ0) is 21.8. The molecule has 2 heterocycles. The molecule has 1 aliphatic carbocycles. The van der Waals surface area contributed by atoms with E-state index in [0.29, 0.717) is 4.57 Å². The standard InChI is InChI=1S/C14H19N5O3/c1-18-11-7-16-12(15)6-10(11)19(14(18)21)9-4-3-8(5-9)17-13(20)22-2/h6-9H,3-5H2,1-2H3,(H2,15,16)(H,17,20)/t8-,9-/m1/s1/i1D3,2D3,8D. The minimum atomic E-state index is -2.95. The number of aryl methyl sites for hydroxylation is 1. The average molecular weight is 312 g/mol. The highest BCUT2D eigenvalue weighted by Gasteiger charge is 2.30. The van der Waals surface area contributed by atoms with Gasteiger partial charge in [-0.2, -0.15) is 0 Å². The molecule has 0 saturated heterocycles. The lowest BCUT2D eigenvalue weighted by atomic mass is 10.2. The quantitative estimate of drug-likeness (QED) is 0.852. The minimum Gasteiger partial charge on any atom is -0.453 e. The van der Waals surface area contributed by atoms with Crippen molar-refractivity contribution in [2.75, 3.05) is 12.8 Å². The fourth-order valence-electron chi connectivity index (χ4n) is 2.82. The maximum atomic E-state index is 12.9. The molecule has 2 aromatic rings. The van der Waals surface area contributed by atoms with Gasteiger partial charge >= 0.3 is 11.8 Å². The van der Waals surface area contributed by atoms with E-state index >= 15 is 0 Å². The molecule has 2 atom stereocenters. The maximum absolute atomic E-state index is 12.9. The molecule has 22 heavy (non-hydrogen) atoms. The molecule has 0 unspecified atom stereocenters. The number of imidazole rings is 1. The van der Waals surface area contributed by atoms with Crippen molar-refractivity contribution in [2.24, 2.45) is 6.98 Å². The highest BCUT2D eigenvalue weighted by molar-refractivity contribution is 5.77. The number of carbonyl (C=O) groups excluding carboxylic acids is 1. The van der Waals surface area contributed by atoms with Crippen LogP contribution in [0.1, 0.15) is 34.9 Å². The molecular formula is C14H19N5O3. The molecule has 0 spiro atoms. The highest BCUT2D eigenvalue weighted by atomic mass is 16.5. The van der Waals surface area contributed by atoms with E-state index in [2.05, 4.69) is 15.0 Å². The molecule has 0 radical (unpaired) electrons. The van der Waals surface area contributed by atoms with Crippen LogP contribution in [0.3, 0.4) is 0 Å². The van der Waals surface area contributed by atoms with Crippen molar-refractivity contribution in [1.29, 1.82) is 0 Å². The molecule has 1 fully saturated rings. The second-order valence-electron chi connectivity index (χ2n) is 5.10. The van der Waals surface area contributed by atoms with Gasteiger partial charge in [-0.05, 0) is 19.3 Å². The summed E-state index contributed by atoms with van der Waals surface area (Å²) < 4.78 is 58.2. The SMILES string of the molecule is [2H]C([2H])([2H])OC(=O)N[C@]1([2H])CC[C@@H](n2c(=O)n(C([2H])([2H])[2H])c3cnc(N)cc32)C1. The van der Waals surface area contributed by atoms with Gasteiger partial charge < -0.3 is 15.8 Å². The topological polar surface area (TPSA) is 104 Å². The van der Waals surface area contributed by atoms with Crippen LogP contribution in [-0.4, -0.2) is 33.3 Å². The number of anilines is 1. The number of rotatable bonds is 2. The molecule has 1 aliphatic rings. The summed E-state index contributed by atoms with van der Waals surface area (Å²) in [6.45, 7) is -2.75. The van der Waals surface area contributed by atoms with Crippen molar-refractivity contribution in [1.82, 2.24) is 19.4 Å². The Hall–Kier alpha value is -2.51. The Labute approximate surface area is 136 Å². The zero-order valence-electron chi connectivity index (χ0n) is 18.5. The summed E-state index contributed by atoms with van der Waals surface area (Å²) in [5.74, 6) is 0.0865. The highest BCUT2D eigenvalue weighted by Crippen LogP contribution is 2.31. The van der Waals surface area contributed by atoms with Crippen LogP contribution in [0.5, 0.6) is 0 Å². The first-order chi connectivity index (χ1) is 13.2. The molecule has 118 valence electrons. The van der Waals surface area contributed by atoms with Gasteiger partial charge in [0.2, 0.25) is 0 Å². The second kappa shape index (κ2) is 5.36. The molecular weight excluding hydrogens is 286 g/mol. The number of hydrogen-bond acceptors (Lipinski definition) is 5. The van der Waals surface area contributed by atoms with E-state index in [-0.39, 0.29) is 36.1 Å². The summed E-state index contributed by atoms with van der Waals surface area (Å²) in [7, 11) is -2.95. The van der Waals surface area contributed by atoms with E-state index < -0.39 is 37.9 Å². The smallest absolute Gasteiger partial charge is 0.407 e. The van der Waals surface area contributed by atoms with Gasteiger partial charge in [-0.25, -0.2) is 14.6 Å². The van der Waals surface area contributed by atoms with Crippen molar-refractivity contribution in [3.05, 3.63) is 22.7 Å². The lowest BCUT2D eigenvalue weighted by molar-refractivity contribution is 0.166. The summed E-state index contributed by atoms with van der Waals surface area (Å²) in [5, 5.41) is 2.20. The van der Waals surface area contributed by atoms with Gasteiger partial charge in [0.1, 0.15) is 5.82 Å². The van der Waals surface area contributed by atoms with Gasteiger partial charge in [0.05, 0.1) is 29.8 Å². The molecule has 1 saturated carbocycles. The third kappa shape index (κ3) is 2.30. The largest absolute Gasteiger partial charge is 0.453 e. The Kier molecular flexibility index (Phi) is 2.00. The maximum Gasteiger partial charge on any atom is 0.407 e. The normalized spacial score (nSPS) is 30.4. The fourth-order valence-corrected chi connectivity index (χ4v) is 2.82. The van der Waals surface area contributed by atoms with Gasteiger partial charge in [0.25, 0.3) is 0 Å². The lowest BCUT2D eigenvalue weighted by Gasteiger charge is -2.14. The van der Waals surface area contributed by atoms with Crippen LogP contribution in [0, 0.1) is 0 Å². The number of pyridine rings is 1. The van der Waals surface area contributed by atoms with Gasteiger partial charge in [0, 0.05) is 29.2 Å². The molecule has 2 aromatic heterocycles. The summed E-state index contributed by atoms with van der Waals surface area (Å²) in [6, 6.07) is -0.834. The number of nitrogen functional groups attached to an aromatic ring is 1. The first-order valence-corrected chi connectivity index (χ1v) is 6.60. The molecule has 8 nitrogen and oxygen atoms in total. The summed E-state index contributed by atoms with van der Waals surface area (Å²) in [4.78, 5) is 28.5. The molecule has 3 rings (SSSR count). The van der Waals surface area contributed by atoms with Gasteiger partial charge in [0.15, 0.2) is 0 Å². The number of nitrogens with two attached hydrogens (primary N) is 1. The first-order valence-electron chi connectivity index (χ1n) is 10.1. The van der Waals surface area contributed by atoms with Crippen molar-refractivity contribution in [3.63, 3.8) is 0 Å². The molecule has 0 aromatic carbocycles. The number of nitrogens with zero attached hydrogens (tertiary/aromatic N) is 3. The van der Waals surface area contributed by atoms with Gasteiger partial charge in [-0.15, -0.1) is 0 Å². The van der Waals surface area contributed by atoms with Crippen LogP contribution in [-0.2, 0) is 11.7 Å². The van der Waals surface area contributed by atoms with Crippen LogP contribution >= 0.6 is 0 Å². The Bertz CT molecular complexity index is 1010. The number of alkyl carbamates (subject to hydrolysis) is 1. The van der Waals surface area contributed by atoms with Crippen LogP contribution in [0.25, 0.3) is 11.0 Å². The van der Waals surface area contributed by atoms with E-state index in [4.69, 9.17) is 15.3 Å². The Balaban J connectivity index is 1.96. The predicted octanol–water partition coefficient (Wildman–Crippen LogP) is 0.767. The van der Waals surface area contributed by atoms with Crippen LogP contribution in [0.15, 0.2) is 17.1 Å². The molecule has 0 aliphatic heterocycles. The number of nitrogens with one attached hydrogen (secondary N) is 1. The monoisotopic (exact) mass is 312 g/mol. The van der Waals surface area contributed by atoms with Crippen LogP contribution in [0.4, 0.5) is 10.6 Å². The number of methoxy groups -OCH3 is 1. The predicted molar refractivity (Wildman–Crippen MR) is 81.6 cm³/mol. The lowest BCUT2D eigenvalue weighted by Crippen LogP contribution is -2.33. The van der Waals surface area contributed by atoms with Crippen LogP contribution < -0.4 is 16.7 Å². The fraction of sp³-hybridized carbons (Fsp3) is 0.500. The summed E-state index contributed by atoms with van der Waals surface area (Å²) in [5.41, 5.74) is 5.20. The van der Waals surface area contributed by atoms with E-state index in [1.165, 1.54) is 16.8 Å². The third-order valence-electron chi connectivity index (χ3n) is 3.78. The van der Waals surface area contributed by atoms with E-state index in [1.54, 1.807) is 0 Å². The van der Waals surface area contributed by atoms with E-state index in [0.717, 1.165) is 0 Å². The Morgan fingerprint density at radius 3 is 3.23 bits per heavy atom. The second-order valence-corrected chi connectivity index (χ2v) is 5.10. The number of aromatic nitrogens is 3. The average Bonchev–Trinajstić information content (AvgIpc) is 3.01.